The van der Waals surface area contributed by atoms with Crippen LogP contribution >= 0.6 is 0 Å². The maximum Gasteiger partial charge on any atom is 0.253 e. The molecule has 0 saturated carbocycles. The zero-order valence-corrected chi connectivity index (χ0v) is 22.9. The molecular weight excluding hydrogens is 511 g/mol. The number of fused-ring (bicyclic) bond motifs is 1. The summed E-state index contributed by atoms with van der Waals surface area (Å²) >= 11 is 0. The fourth-order valence-corrected chi connectivity index (χ4v) is 5.86. The highest BCUT2D eigenvalue weighted by Crippen LogP contribution is 2.32. The van der Waals surface area contributed by atoms with Gasteiger partial charge in [-0.15, -0.1) is 0 Å². The van der Waals surface area contributed by atoms with E-state index in [0.29, 0.717) is 50.1 Å². The van der Waals surface area contributed by atoms with Gasteiger partial charge in [0.15, 0.2) is 0 Å². The number of benzene rings is 1. The zero-order valence-electron chi connectivity index (χ0n) is 22.9. The number of pyridine rings is 1. The Kier molecular flexibility index (Phi) is 8.44. The second kappa shape index (κ2) is 12.2. The standard InChI is InChI=1S/C30H37FN6O3/c1-22-3-2-4-24(17-22)29(40)36-15-9-30(31,10-16-36)20-35-12-7-26(8-13-35)37-14-6-23-18-25(19-33-28(23)37)34-27(39)5-11-32-21-38/h2-4,6,14,17-19,21,26H,5,7-13,15-16,20H2,1H3,(H,32,38)(H,34,39). The average molecular weight is 549 g/mol. The van der Waals surface area contributed by atoms with E-state index in [0.717, 1.165) is 42.5 Å². The Bertz CT molecular complexity index is 1360. The summed E-state index contributed by atoms with van der Waals surface area (Å²) in [6.45, 7) is 5.17. The number of halogens is 1. The molecule has 0 radical (unpaired) electrons. The maximum absolute atomic E-state index is 15.8. The maximum atomic E-state index is 15.8. The van der Waals surface area contributed by atoms with Gasteiger partial charge in [0, 0.05) is 81.7 Å². The minimum Gasteiger partial charge on any atom is -0.358 e. The molecule has 40 heavy (non-hydrogen) atoms. The number of amides is 3. The lowest BCUT2D eigenvalue weighted by Crippen LogP contribution is -2.51. The number of carbonyl (C=O) groups is 3. The number of rotatable bonds is 9. The molecule has 0 spiro atoms. The first-order valence-electron chi connectivity index (χ1n) is 14.0. The van der Waals surface area contributed by atoms with E-state index in [2.05, 4.69) is 25.1 Å². The SMILES string of the molecule is Cc1cccc(C(=O)N2CCC(F)(CN3CCC(n4ccc5cc(NC(=O)CCNC=O)cnc54)CC3)CC2)c1. The molecule has 1 aromatic carbocycles. The van der Waals surface area contributed by atoms with Crippen molar-refractivity contribution in [1.82, 2.24) is 24.7 Å². The van der Waals surface area contributed by atoms with E-state index in [9.17, 15) is 14.4 Å². The van der Waals surface area contributed by atoms with Gasteiger partial charge < -0.3 is 25.0 Å². The van der Waals surface area contributed by atoms with Crippen molar-refractivity contribution in [1.29, 1.82) is 0 Å². The highest BCUT2D eigenvalue weighted by molar-refractivity contribution is 5.94. The van der Waals surface area contributed by atoms with Crippen LogP contribution in [-0.2, 0) is 9.59 Å². The third kappa shape index (κ3) is 6.50. The minimum absolute atomic E-state index is 0.0134. The van der Waals surface area contributed by atoms with Crippen molar-refractivity contribution >= 4 is 34.9 Å². The Morgan fingerprint density at radius 1 is 1.12 bits per heavy atom. The van der Waals surface area contributed by atoms with Gasteiger partial charge in [0.25, 0.3) is 5.91 Å². The van der Waals surface area contributed by atoms with E-state index in [1.165, 1.54) is 0 Å². The Hall–Kier alpha value is -3.79. The van der Waals surface area contributed by atoms with Crippen LogP contribution in [0.15, 0.2) is 48.8 Å². The van der Waals surface area contributed by atoms with Gasteiger partial charge in [0.1, 0.15) is 11.3 Å². The van der Waals surface area contributed by atoms with Crippen LogP contribution in [0, 0.1) is 6.92 Å². The lowest BCUT2D eigenvalue weighted by Gasteiger charge is -2.41. The van der Waals surface area contributed by atoms with E-state index in [1.54, 1.807) is 11.1 Å². The Balaban J connectivity index is 1.11. The summed E-state index contributed by atoms with van der Waals surface area (Å²) in [6.07, 6.45) is 7.00. The monoisotopic (exact) mass is 548 g/mol. The number of likely N-dealkylation sites (tertiary alicyclic amines) is 2. The molecule has 0 aliphatic carbocycles. The molecule has 0 unspecified atom stereocenters. The van der Waals surface area contributed by atoms with Gasteiger partial charge in [-0.3, -0.25) is 14.4 Å². The van der Waals surface area contributed by atoms with Gasteiger partial charge >= 0.3 is 0 Å². The highest BCUT2D eigenvalue weighted by atomic mass is 19.1. The lowest BCUT2D eigenvalue weighted by molar-refractivity contribution is -0.116. The van der Waals surface area contributed by atoms with E-state index >= 15 is 4.39 Å². The number of nitrogens with one attached hydrogen (secondary N) is 2. The van der Waals surface area contributed by atoms with Crippen LogP contribution in [0.1, 0.15) is 54.1 Å². The minimum atomic E-state index is -1.28. The molecule has 2 aromatic heterocycles. The van der Waals surface area contributed by atoms with Crippen molar-refractivity contribution in [3.8, 4) is 0 Å². The van der Waals surface area contributed by atoms with Crippen LogP contribution in [0.25, 0.3) is 11.0 Å². The van der Waals surface area contributed by atoms with Gasteiger partial charge in [0.05, 0.1) is 11.9 Å². The Morgan fingerprint density at radius 2 is 1.90 bits per heavy atom. The van der Waals surface area contributed by atoms with Crippen LogP contribution in [-0.4, -0.2) is 82.5 Å². The molecule has 9 nitrogen and oxygen atoms in total. The smallest absolute Gasteiger partial charge is 0.253 e. The average Bonchev–Trinajstić information content (AvgIpc) is 3.37. The summed E-state index contributed by atoms with van der Waals surface area (Å²) in [4.78, 5) is 43.9. The number of nitrogens with zero attached hydrogens (tertiary/aromatic N) is 4. The fraction of sp³-hybridized carbons (Fsp3) is 0.467. The van der Waals surface area contributed by atoms with Gasteiger partial charge in [-0.05, 0) is 44.0 Å². The van der Waals surface area contributed by atoms with Crippen molar-refractivity contribution in [3.63, 3.8) is 0 Å². The molecule has 10 heteroatoms. The van der Waals surface area contributed by atoms with E-state index in [1.807, 2.05) is 49.5 Å². The number of piperidine rings is 2. The van der Waals surface area contributed by atoms with E-state index in [4.69, 9.17) is 0 Å². The topological polar surface area (TPSA) is 99.6 Å². The molecule has 3 amide bonds. The first-order valence-corrected chi connectivity index (χ1v) is 14.0. The summed E-state index contributed by atoms with van der Waals surface area (Å²) < 4.78 is 18.0. The van der Waals surface area contributed by atoms with Crippen molar-refractivity contribution in [2.24, 2.45) is 0 Å². The summed E-state index contributed by atoms with van der Waals surface area (Å²) in [5, 5.41) is 6.24. The molecule has 0 atom stereocenters. The largest absolute Gasteiger partial charge is 0.358 e. The number of hydrogen-bond acceptors (Lipinski definition) is 5. The zero-order chi connectivity index (χ0) is 28.1. The van der Waals surface area contributed by atoms with Crippen LogP contribution in [0.2, 0.25) is 0 Å². The predicted molar refractivity (Wildman–Crippen MR) is 152 cm³/mol. The lowest BCUT2D eigenvalue weighted by atomic mass is 9.91. The van der Waals surface area contributed by atoms with Crippen LogP contribution in [0.5, 0.6) is 0 Å². The molecule has 2 aliphatic heterocycles. The number of hydrogen-bond donors (Lipinski definition) is 2. The summed E-state index contributed by atoms with van der Waals surface area (Å²) in [5.74, 6) is -0.197. The molecule has 0 bridgehead atoms. The number of alkyl halides is 1. The van der Waals surface area contributed by atoms with Crippen LogP contribution in [0.3, 0.4) is 0 Å². The molecule has 2 aliphatic rings. The van der Waals surface area contributed by atoms with E-state index < -0.39 is 5.67 Å². The molecule has 2 fully saturated rings. The first-order chi connectivity index (χ1) is 19.3. The number of carbonyl (C=O) groups excluding carboxylic acids is 3. The van der Waals surface area contributed by atoms with Crippen LogP contribution in [0.4, 0.5) is 10.1 Å². The molecule has 2 saturated heterocycles. The fourth-order valence-electron chi connectivity index (χ4n) is 5.86. The molecule has 5 rings (SSSR count). The second-order valence-corrected chi connectivity index (χ2v) is 11.0. The number of aromatic nitrogens is 2. The quantitative estimate of drug-likeness (QED) is 0.314. The number of aryl methyl sites for hydroxylation is 1. The van der Waals surface area contributed by atoms with Crippen molar-refractivity contribution < 1.29 is 18.8 Å². The first kappa shape index (κ1) is 27.8. The molecular formula is C30H37FN6O3. The van der Waals surface area contributed by atoms with Gasteiger partial charge in [-0.2, -0.15) is 0 Å². The van der Waals surface area contributed by atoms with Crippen molar-refractivity contribution in [2.45, 2.75) is 50.7 Å². The summed E-state index contributed by atoms with van der Waals surface area (Å²) in [5.41, 5.74) is 1.93. The molecule has 4 heterocycles. The predicted octanol–water partition coefficient (Wildman–Crippen LogP) is 3.70. The summed E-state index contributed by atoms with van der Waals surface area (Å²) in [7, 11) is 0. The molecule has 2 N–H and O–H groups in total. The van der Waals surface area contributed by atoms with Gasteiger partial charge in [0.2, 0.25) is 12.3 Å². The highest BCUT2D eigenvalue weighted by Gasteiger charge is 2.38. The normalized spacial score (nSPS) is 18.0. The second-order valence-electron chi connectivity index (χ2n) is 11.0. The molecule has 212 valence electrons. The molecule has 3 aromatic rings. The van der Waals surface area contributed by atoms with Gasteiger partial charge in [-0.1, -0.05) is 17.7 Å². The Morgan fingerprint density at radius 3 is 2.62 bits per heavy atom. The van der Waals surface area contributed by atoms with E-state index in [-0.39, 0.29) is 30.8 Å². The van der Waals surface area contributed by atoms with Gasteiger partial charge in [-0.25, -0.2) is 9.37 Å². The van der Waals surface area contributed by atoms with Crippen molar-refractivity contribution in [3.05, 3.63) is 59.9 Å². The van der Waals surface area contributed by atoms with Crippen molar-refractivity contribution in [2.75, 3.05) is 44.6 Å². The third-order valence-electron chi connectivity index (χ3n) is 8.09. The number of anilines is 1. The Labute approximate surface area is 233 Å². The third-order valence-corrected chi connectivity index (χ3v) is 8.09. The van der Waals surface area contributed by atoms with Crippen LogP contribution < -0.4 is 10.6 Å². The summed E-state index contributed by atoms with van der Waals surface area (Å²) in [6, 6.07) is 11.8.